The zero-order valence-corrected chi connectivity index (χ0v) is 17.6. The molecule has 6 nitrogen and oxygen atoms in total. The molecular formula is C22H26ClN3O3. The molecule has 2 fully saturated rings. The molecule has 0 unspecified atom stereocenters. The van der Waals surface area contributed by atoms with E-state index in [0.29, 0.717) is 18.7 Å². The first-order valence-corrected chi connectivity index (χ1v) is 9.47. The minimum Gasteiger partial charge on any atom is -0.495 e. The van der Waals surface area contributed by atoms with Crippen molar-refractivity contribution in [3.05, 3.63) is 48.5 Å². The second-order valence-corrected chi connectivity index (χ2v) is 8.05. The van der Waals surface area contributed by atoms with Gasteiger partial charge in [-0.25, -0.2) is 0 Å². The molecule has 29 heavy (non-hydrogen) atoms. The average molecular weight is 416 g/mol. The molecule has 4 rings (SSSR count). The van der Waals surface area contributed by atoms with Crippen LogP contribution in [0.4, 0.5) is 5.69 Å². The second-order valence-electron chi connectivity index (χ2n) is 8.05. The Hall–Kier alpha value is -2.57. The number of methoxy groups -OCH3 is 1. The summed E-state index contributed by atoms with van der Waals surface area (Å²) in [5.74, 6) is 0.396. The van der Waals surface area contributed by atoms with Crippen molar-refractivity contribution in [3.63, 3.8) is 0 Å². The number of carbonyl (C=O) groups excluding carboxylic acids is 2. The minimum absolute atomic E-state index is 0. The molecule has 0 saturated carbocycles. The molecule has 2 aromatic rings. The maximum absolute atomic E-state index is 13.2. The first-order chi connectivity index (χ1) is 13.3. The van der Waals surface area contributed by atoms with E-state index in [1.165, 1.54) is 0 Å². The summed E-state index contributed by atoms with van der Waals surface area (Å²) in [4.78, 5) is 29.2. The minimum atomic E-state index is -0.986. The molecule has 2 aromatic carbocycles. The Morgan fingerprint density at radius 2 is 1.83 bits per heavy atom. The van der Waals surface area contributed by atoms with Crippen LogP contribution in [0, 0.1) is 0 Å². The smallest absolute Gasteiger partial charge is 0.250 e. The number of ether oxygens (including phenoxy) is 1. The lowest BCUT2D eigenvalue weighted by Crippen LogP contribution is -2.59. The van der Waals surface area contributed by atoms with E-state index < -0.39 is 11.6 Å². The van der Waals surface area contributed by atoms with Gasteiger partial charge in [0.2, 0.25) is 11.8 Å². The third-order valence-electron chi connectivity index (χ3n) is 5.52. The number of fused-ring (bicyclic) bond motifs is 2. The summed E-state index contributed by atoms with van der Waals surface area (Å²) in [5, 5.41) is 0. The number of likely N-dealkylation sites (tertiary alicyclic amines) is 1. The lowest BCUT2D eigenvalue weighted by Gasteiger charge is -2.37. The molecule has 2 atom stereocenters. The fourth-order valence-corrected chi connectivity index (χ4v) is 4.17. The van der Waals surface area contributed by atoms with Gasteiger partial charge < -0.3 is 20.3 Å². The predicted molar refractivity (Wildman–Crippen MR) is 115 cm³/mol. The Balaban J connectivity index is 0.00000240. The number of nitrogens with zero attached hydrogens (tertiary/aromatic N) is 2. The summed E-state index contributed by atoms with van der Waals surface area (Å²) in [6, 6.07) is 15.4. The highest BCUT2D eigenvalue weighted by molar-refractivity contribution is 6.05. The van der Waals surface area contributed by atoms with Crippen molar-refractivity contribution in [2.75, 3.05) is 18.6 Å². The number of nitrogens with two attached hydrogens (primary N) is 1. The molecule has 2 N–H and O–H groups in total. The van der Waals surface area contributed by atoms with E-state index in [4.69, 9.17) is 10.5 Å². The Labute approximate surface area is 177 Å². The Kier molecular flexibility index (Phi) is 5.61. The van der Waals surface area contributed by atoms with E-state index in [9.17, 15) is 9.59 Å². The number of hydrogen-bond donors (Lipinski definition) is 1. The maximum atomic E-state index is 13.2. The fourth-order valence-electron chi connectivity index (χ4n) is 4.17. The van der Waals surface area contributed by atoms with Gasteiger partial charge in [-0.15, -0.1) is 12.4 Å². The second kappa shape index (κ2) is 7.69. The van der Waals surface area contributed by atoms with Crippen LogP contribution in [-0.2, 0) is 9.59 Å². The molecule has 0 aliphatic carbocycles. The number of benzene rings is 2. The summed E-state index contributed by atoms with van der Waals surface area (Å²) >= 11 is 0. The van der Waals surface area contributed by atoms with E-state index in [2.05, 4.69) is 0 Å². The summed E-state index contributed by atoms with van der Waals surface area (Å²) < 4.78 is 5.54. The van der Waals surface area contributed by atoms with Crippen molar-refractivity contribution in [2.24, 2.45) is 5.73 Å². The molecule has 0 spiro atoms. The van der Waals surface area contributed by atoms with Crippen LogP contribution in [0.2, 0.25) is 0 Å². The van der Waals surface area contributed by atoms with Gasteiger partial charge in [0.15, 0.2) is 0 Å². The summed E-state index contributed by atoms with van der Waals surface area (Å²) in [6.45, 7) is 3.85. The Morgan fingerprint density at radius 3 is 2.41 bits per heavy atom. The molecule has 2 amide bonds. The van der Waals surface area contributed by atoms with Crippen LogP contribution in [0.15, 0.2) is 48.5 Å². The number of rotatable bonds is 4. The van der Waals surface area contributed by atoms with Crippen LogP contribution in [0.1, 0.15) is 20.3 Å². The van der Waals surface area contributed by atoms with E-state index >= 15 is 0 Å². The Morgan fingerprint density at radius 1 is 1.14 bits per heavy atom. The Bertz CT molecular complexity index is 927. The topological polar surface area (TPSA) is 75.9 Å². The summed E-state index contributed by atoms with van der Waals surface area (Å²) in [7, 11) is 1.60. The van der Waals surface area contributed by atoms with Crippen molar-refractivity contribution >= 4 is 29.9 Å². The van der Waals surface area contributed by atoms with Crippen LogP contribution in [-0.4, -0.2) is 48.0 Å². The van der Waals surface area contributed by atoms with Gasteiger partial charge in [-0.1, -0.05) is 36.4 Å². The number of halogens is 1. The quantitative estimate of drug-likeness (QED) is 0.833. The molecule has 2 bridgehead atoms. The van der Waals surface area contributed by atoms with Gasteiger partial charge >= 0.3 is 0 Å². The first-order valence-electron chi connectivity index (χ1n) is 9.47. The van der Waals surface area contributed by atoms with Crippen molar-refractivity contribution in [1.29, 1.82) is 0 Å². The van der Waals surface area contributed by atoms with Crippen LogP contribution in [0.25, 0.3) is 11.1 Å². The van der Waals surface area contributed by atoms with Gasteiger partial charge in [-0.3, -0.25) is 9.59 Å². The van der Waals surface area contributed by atoms with Gasteiger partial charge in [0.25, 0.3) is 0 Å². The van der Waals surface area contributed by atoms with Crippen LogP contribution in [0.3, 0.4) is 0 Å². The zero-order chi connectivity index (χ0) is 20.1. The van der Waals surface area contributed by atoms with Crippen LogP contribution in [0.5, 0.6) is 5.75 Å². The molecular weight excluding hydrogens is 390 g/mol. The van der Waals surface area contributed by atoms with Gasteiger partial charge in [-0.05, 0) is 43.5 Å². The van der Waals surface area contributed by atoms with E-state index in [-0.39, 0.29) is 30.3 Å². The highest BCUT2D eigenvalue weighted by Crippen LogP contribution is 2.42. The number of carbonyl (C=O) groups is 2. The van der Waals surface area contributed by atoms with E-state index in [1.54, 1.807) is 30.8 Å². The number of piperazine rings is 1. The molecule has 2 aliphatic rings. The maximum Gasteiger partial charge on any atom is 0.250 e. The fraction of sp³-hybridized carbons (Fsp3) is 0.364. The molecule has 2 heterocycles. The van der Waals surface area contributed by atoms with Crippen molar-refractivity contribution < 1.29 is 14.3 Å². The van der Waals surface area contributed by atoms with Crippen LogP contribution >= 0.6 is 12.4 Å². The van der Waals surface area contributed by atoms with Gasteiger partial charge in [0, 0.05) is 6.54 Å². The molecule has 7 heteroatoms. The standard InChI is InChI=1S/C22H25N3O3.ClH/c1-22(2,23)21(27)24-13-16-12-18(24)20(26)25(16)17-11-15(9-10-19(17)28-3)14-7-5-4-6-8-14;/h4-11,16,18H,12-13,23H2,1-3H3;1H/t16-,18-;/m0./s1. The molecule has 2 saturated heterocycles. The van der Waals surface area contributed by atoms with E-state index in [1.807, 2.05) is 48.5 Å². The van der Waals surface area contributed by atoms with Gasteiger partial charge in [0.1, 0.15) is 11.8 Å². The van der Waals surface area contributed by atoms with Crippen molar-refractivity contribution in [3.8, 4) is 16.9 Å². The first kappa shape index (κ1) is 21.1. The van der Waals surface area contributed by atoms with Crippen LogP contribution < -0.4 is 15.4 Å². The molecule has 154 valence electrons. The largest absolute Gasteiger partial charge is 0.495 e. The number of amides is 2. The SMILES string of the molecule is COc1ccc(-c2ccccc2)cc1N1C(=O)[C@@H]2C[C@H]1CN2C(=O)C(C)(C)N.Cl. The van der Waals surface area contributed by atoms with Gasteiger partial charge in [0.05, 0.1) is 24.4 Å². The lowest BCUT2D eigenvalue weighted by atomic mass is 10.0. The monoisotopic (exact) mass is 415 g/mol. The third kappa shape index (κ3) is 3.58. The highest BCUT2D eigenvalue weighted by Gasteiger charge is 2.53. The molecule has 2 aliphatic heterocycles. The molecule has 0 aromatic heterocycles. The lowest BCUT2D eigenvalue weighted by molar-refractivity contribution is -0.141. The number of anilines is 1. The van der Waals surface area contributed by atoms with E-state index in [0.717, 1.165) is 16.8 Å². The average Bonchev–Trinajstić information content (AvgIpc) is 3.25. The third-order valence-corrected chi connectivity index (χ3v) is 5.52. The summed E-state index contributed by atoms with van der Waals surface area (Å²) in [6.07, 6.45) is 0.624. The highest BCUT2D eigenvalue weighted by atomic mass is 35.5. The summed E-state index contributed by atoms with van der Waals surface area (Å²) in [5.41, 5.74) is 7.83. The van der Waals surface area contributed by atoms with Gasteiger partial charge in [-0.2, -0.15) is 0 Å². The molecule has 0 radical (unpaired) electrons. The predicted octanol–water partition coefficient (Wildman–Crippen LogP) is 2.84. The number of hydrogen-bond acceptors (Lipinski definition) is 4. The zero-order valence-electron chi connectivity index (χ0n) is 16.8. The van der Waals surface area contributed by atoms with Crippen molar-refractivity contribution in [2.45, 2.75) is 37.9 Å². The normalized spacial score (nSPS) is 20.6. The van der Waals surface area contributed by atoms with Crippen molar-refractivity contribution in [1.82, 2.24) is 4.90 Å².